The molecular formula is C32H45BrF4N4O4. The lowest BCUT2D eigenvalue weighted by Crippen LogP contribution is -2.54. The smallest absolute Gasteiger partial charge is 0.410 e. The minimum absolute atomic E-state index is 0.0533. The number of rotatable bonds is 1. The summed E-state index contributed by atoms with van der Waals surface area (Å²) >= 11 is 2.93. The molecule has 0 aliphatic carbocycles. The zero-order chi connectivity index (χ0) is 34.1. The lowest BCUT2D eigenvalue weighted by molar-refractivity contribution is 0.0197. The van der Waals surface area contributed by atoms with E-state index in [0.29, 0.717) is 35.8 Å². The van der Waals surface area contributed by atoms with E-state index in [1.54, 1.807) is 9.80 Å². The van der Waals surface area contributed by atoms with Crippen LogP contribution in [0.4, 0.5) is 32.8 Å². The second-order valence-corrected chi connectivity index (χ2v) is 13.9. The number of piperazine rings is 2. The molecular weight excluding hydrogens is 660 g/mol. The van der Waals surface area contributed by atoms with E-state index in [9.17, 15) is 27.2 Å². The molecule has 2 heterocycles. The van der Waals surface area contributed by atoms with Crippen molar-refractivity contribution in [2.24, 2.45) is 0 Å². The van der Waals surface area contributed by atoms with E-state index in [1.807, 2.05) is 53.4 Å². The van der Waals surface area contributed by atoms with E-state index in [4.69, 9.17) is 9.47 Å². The van der Waals surface area contributed by atoms with Crippen molar-refractivity contribution in [3.63, 3.8) is 0 Å². The topological polar surface area (TPSA) is 74.3 Å². The third-order valence-corrected chi connectivity index (χ3v) is 6.76. The second-order valence-electron chi connectivity index (χ2n) is 13.0. The number of ether oxygens (including phenoxy) is 2. The van der Waals surface area contributed by atoms with Crippen molar-refractivity contribution < 1.29 is 36.6 Å². The van der Waals surface area contributed by atoms with Gasteiger partial charge in [0.15, 0.2) is 0 Å². The average Bonchev–Trinajstić information content (AvgIpc) is 2.86. The summed E-state index contributed by atoms with van der Waals surface area (Å²) in [6.07, 6.45) is -0.560. The molecule has 2 aliphatic heterocycles. The third-order valence-electron chi connectivity index (χ3n) is 6.31. The van der Waals surface area contributed by atoms with Crippen LogP contribution in [0.5, 0.6) is 0 Å². The predicted octanol–water partition coefficient (Wildman–Crippen LogP) is 7.35. The number of benzene rings is 2. The van der Waals surface area contributed by atoms with Crippen LogP contribution in [-0.2, 0) is 9.47 Å². The van der Waals surface area contributed by atoms with Gasteiger partial charge in [-0.1, -0.05) is 15.9 Å². The summed E-state index contributed by atoms with van der Waals surface area (Å²) in [6.45, 7) is 18.8. The molecule has 0 radical (unpaired) electrons. The van der Waals surface area contributed by atoms with Gasteiger partial charge in [-0.3, -0.25) is 0 Å². The first-order valence-corrected chi connectivity index (χ1v) is 15.6. The van der Waals surface area contributed by atoms with Gasteiger partial charge in [0, 0.05) is 73.6 Å². The van der Waals surface area contributed by atoms with Gasteiger partial charge in [-0.25, -0.2) is 27.2 Å². The highest BCUT2D eigenvalue weighted by Gasteiger charge is 2.30. The van der Waals surface area contributed by atoms with Crippen LogP contribution < -0.4 is 10.2 Å². The van der Waals surface area contributed by atoms with Crippen molar-refractivity contribution in [1.82, 2.24) is 15.1 Å². The third kappa shape index (κ3) is 14.3. The summed E-state index contributed by atoms with van der Waals surface area (Å²) < 4.78 is 62.1. The Hall–Kier alpha value is -3.06. The molecule has 13 heteroatoms. The van der Waals surface area contributed by atoms with Crippen LogP contribution in [0.1, 0.15) is 55.4 Å². The van der Waals surface area contributed by atoms with Crippen LogP contribution >= 0.6 is 15.9 Å². The maximum atomic E-state index is 13.3. The largest absolute Gasteiger partial charge is 0.444 e. The van der Waals surface area contributed by atoms with Crippen LogP contribution in [-0.4, -0.2) is 84.5 Å². The second kappa shape index (κ2) is 16.5. The lowest BCUT2D eigenvalue weighted by Gasteiger charge is -2.41. The van der Waals surface area contributed by atoms with Crippen molar-refractivity contribution >= 4 is 33.8 Å². The number of nitrogens with zero attached hydrogens (tertiary/aromatic N) is 3. The monoisotopic (exact) mass is 704 g/mol. The molecule has 0 unspecified atom stereocenters. The number of amides is 2. The fourth-order valence-electron chi connectivity index (χ4n) is 4.48. The zero-order valence-electron chi connectivity index (χ0n) is 27.2. The molecule has 2 aliphatic rings. The number of carbonyl (C=O) groups is 2. The van der Waals surface area contributed by atoms with Crippen molar-refractivity contribution in [3.05, 3.63) is 64.1 Å². The van der Waals surface area contributed by atoms with Gasteiger partial charge in [-0.15, -0.1) is 0 Å². The Balaban J connectivity index is 0.000000261. The summed E-state index contributed by atoms with van der Waals surface area (Å²) in [6, 6.07) is 6.99. The Labute approximate surface area is 272 Å². The van der Waals surface area contributed by atoms with Gasteiger partial charge in [0.2, 0.25) is 0 Å². The van der Waals surface area contributed by atoms with Crippen LogP contribution in [0, 0.1) is 23.3 Å². The fourth-order valence-corrected chi connectivity index (χ4v) is 4.92. The number of carbonyl (C=O) groups excluding carboxylic acids is 2. The van der Waals surface area contributed by atoms with Crippen LogP contribution in [0.2, 0.25) is 0 Å². The van der Waals surface area contributed by atoms with Gasteiger partial charge in [0.05, 0.1) is 0 Å². The maximum absolute atomic E-state index is 13.3. The standard InChI is InChI=1S/C16H22F2N2O2.C10H20N2O2.C6H3BrF2/c1-11-10-19(15(21)22-16(2,3)4)5-6-20(11)14-8-12(17)7-13(18)9-14;1-8-7-12(6-5-11-8)9(13)14-10(2,3)4;7-4-1-5(8)3-6(9)2-4/h7-9,11H,5-6,10H2,1-4H3;8,11H,5-7H2,1-4H3;1-3H/t11-;8-;/m00./s1. The molecule has 2 aromatic rings. The van der Waals surface area contributed by atoms with Crippen molar-refractivity contribution in [1.29, 1.82) is 0 Å². The molecule has 2 atom stereocenters. The molecule has 252 valence electrons. The molecule has 0 aromatic heterocycles. The molecule has 0 spiro atoms. The van der Waals surface area contributed by atoms with E-state index in [0.717, 1.165) is 31.8 Å². The molecule has 8 nitrogen and oxygen atoms in total. The van der Waals surface area contributed by atoms with Crippen LogP contribution in [0.3, 0.4) is 0 Å². The lowest BCUT2D eigenvalue weighted by atomic mass is 10.1. The number of nitrogens with one attached hydrogen (secondary N) is 1. The highest BCUT2D eigenvalue weighted by atomic mass is 79.9. The van der Waals surface area contributed by atoms with E-state index in [1.165, 1.54) is 24.3 Å². The Morgan fingerprint density at radius 1 is 0.733 bits per heavy atom. The molecule has 45 heavy (non-hydrogen) atoms. The Bertz CT molecular complexity index is 1220. The summed E-state index contributed by atoms with van der Waals surface area (Å²) in [7, 11) is 0. The quantitative estimate of drug-likeness (QED) is 0.313. The number of halogens is 5. The predicted molar refractivity (Wildman–Crippen MR) is 170 cm³/mol. The highest BCUT2D eigenvalue weighted by Crippen LogP contribution is 2.24. The number of hydrogen-bond acceptors (Lipinski definition) is 6. The zero-order valence-corrected chi connectivity index (χ0v) is 28.8. The van der Waals surface area contributed by atoms with Gasteiger partial charge in [0.1, 0.15) is 34.5 Å². The molecule has 1 N–H and O–H groups in total. The minimum atomic E-state index is -0.600. The average molecular weight is 706 g/mol. The van der Waals surface area contributed by atoms with Crippen LogP contribution in [0.25, 0.3) is 0 Å². The fraction of sp³-hybridized carbons (Fsp3) is 0.562. The van der Waals surface area contributed by atoms with Crippen molar-refractivity contribution in [3.8, 4) is 0 Å². The molecule has 0 bridgehead atoms. The van der Waals surface area contributed by atoms with Gasteiger partial charge in [0.25, 0.3) is 0 Å². The normalized spacial score (nSPS) is 18.6. The Kier molecular flexibility index (Phi) is 14.0. The Morgan fingerprint density at radius 2 is 1.18 bits per heavy atom. The molecule has 2 saturated heterocycles. The summed E-state index contributed by atoms with van der Waals surface area (Å²) in [5.41, 5.74) is -0.442. The SMILES string of the molecule is C[C@H]1CN(C(=O)OC(C)(C)C)CCN1.C[C@H]1CN(C(=O)OC(C)(C)C)CCN1c1cc(F)cc(F)c1.Fc1cc(F)cc(Br)c1. The summed E-state index contributed by atoms with van der Waals surface area (Å²) in [5.74, 6) is -2.34. The first-order valence-electron chi connectivity index (χ1n) is 14.8. The van der Waals surface area contributed by atoms with E-state index in [-0.39, 0.29) is 18.2 Å². The van der Waals surface area contributed by atoms with Crippen LogP contribution in [0.15, 0.2) is 40.9 Å². The molecule has 4 rings (SSSR count). The minimum Gasteiger partial charge on any atom is -0.444 e. The maximum Gasteiger partial charge on any atom is 0.410 e. The van der Waals surface area contributed by atoms with Gasteiger partial charge < -0.3 is 29.5 Å². The first-order chi connectivity index (χ1) is 20.7. The van der Waals surface area contributed by atoms with E-state index < -0.39 is 34.5 Å². The van der Waals surface area contributed by atoms with Crippen molar-refractivity contribution in [2.45, 2.75) is 78.7 Å². The Morgan fingerprint density at radius 3 is 1.58 bits per heavy atom. The molecule has 0 saturated carbocycles. The summed E-state index contributed by atoms with van der Waals surface area (Å²) in [4.78, 5) is 29.0. The van der Waals surface area contributed by atoms with Gasteiger partial charge in [-0.05, 0) is 79.7 Å². The highest BCUT2D eigenvalue weighted by molar-refractivity contribution is 9.10. The molecule has 2 fully saturated rings. The van der Waals surface area contributed by atoms with E-state index in [2.05, 4.69) is 28.2 Å². The number of hydrogen-bond donors (Lipinski definition) is 1. The van der Waals surface area contributed by atoms with Gasteiger partial charge in [-0.2, -0.15) is 0 Å². The molecule has 2 aromatic carbocycles. The molecule has 2 amide bonds. The first kappa shape index (κ1) is 38.1. The van der Waals surface area contributed by atoms with E-state index >= 15 is 0 Å². The summed E-state index contributed by atoms with van der Waals surface area (Å²) in [5, 5.41) is 3.28. The number of anilines is 1. The van der Waals surface area contributed by atoms with Crippen molar-refractivity contribution in [2.75, 3.05) is 44.2 Å². The van der Waals surface area contributed by atoms with Gasteiger partial charge >= 0.3 is 12.2 Å².